The minimum atomic E-state index is 0. The van der Waals surface area contributed by atoms with Crippen LogP contribution >= 0.6 is 0 Å². The van der Waals surface area contributed by atoms with Gasteiger partial charge < -0.3 is 4.90 Å². The van der Waals surface area contributed by atoms with Gasteiger partial charge in [-0.05, 0) is 20.1 Å². The number of hydrogen-bond acceptors (Lipinski definition) is 1. The van der Waals surface area contributed by atoms with Crippen LogP contribution in [0.5, 0.6) is 0 Å². The van der Waals surface area contributed by atoms with Gasteiger partial charge in [0, 0.05) is 0 Å². The van der Waals surface area contributed by atoms with Crippen LogP contribution in [0, 0.1) is 0 Å². The SMILES string of the molecule is C[C@H]([c-]1cccc1)N(C)C.[Fe+2].c1cc[cH-]c1. The molecule has 0 amide bonds. The summed E-state index contributed by atoms with van der Waals surface area (Å²) in [4.78, 5) is 2.20. The summed E-state index contributed by atoms with van der Waals surface area (Å²) in [5, 5.41) is 0. The largest absolute Gasteiger partial charge is 2.00 e. The third-order valence-corrected chi connectivity index (χ3v) is 2.50. The summed E-state index contributed by atoms with van der Waals surface area (Å²) in [6.07, 6.45) is 0. The Hall–Kier alpha value is -0.821. The standard InChI is InChI=1S/C9H14N.C5H5.Fe/c1-8(10(2)3)9-6-4-5-7-9;1-2-4-5-3-1;/h4-8H,1-3H3;1-5H;/q2*-1;+2/t8-;;/m1../s1. The Morgan fingerprint density at radius 3 is 1.81 bits per heavy atom. The second kappa shape index (κ2) is 8.35. The van der Waals surface area contributed by atoms with Gasteiger partial charge in [-0.25, -0.2) is 24.3 Å². The summed E-state index contributed by atoms with van der Waals surface area (Å²) >= 11 is 0. The van der Waals surface area contributed by atoms with E-state index in [2.05, 4.69) is 50.2 Å². The minimum Gasteiger partial charge on any atom is -0.314 e. The van der Waals surface area contributed by atoms with E-state index in [4.69, 9.17) is 0 Å². The molecule has 0 fully saturated rings. The third-order valence-electron chi connectivity index (χ3n) is 2.50. The Labute approximate surface area is 109 Å². The summed E-state index contributed by atoms with van der Waals surface area (Å²) in [6.45, 7) is 2.20. The van der Waals surface area contributed by atoms with Gasteiger partial charge in [0.25, 0.3) is 0 Å². The number of nitrogens with zero attached hydrogens (tertiary/aromatic N) is 1. The molecule has 1 atom stereocenters. The van der Waals surface area contributed by atoms with E-state index in [0.717, 1.165) is 0 Å². The molecule has 2 heteroatoms. The summed E-state index contributed by atoms with van der Waals surface area (Å²) in [5.41, 5.74) is 1.39. The number of rotatable bonds is 2. The van der Waals surface area contributed by atoms with E-state index < -0.39 is 0 Å². The Kier molecular flexibility index (Phi) is 7.92. The van der Waals surface area contributed by atoms with Crippen molar-refractivity contribution in [1.82, 2.24) is 4.90 Å². The smallest absolute Gasteiger partial charge is 0.314 e. The molecule has 2 aromatic rings. The van der Waals surface area contributed by atoms with E-state index in [1.54, 1.807) is 0 Å². The van der Waals surface area contributed by atoms with E-state index >= 15 is 0 Å². The average Bonchev–Trinajstić information content (AvgIpc) is 2.92. The predicted molar refractivity (Wildman–Crippen MR) is 66.2 cm³/mol. The fourth-order valence-electron chi connectivity index (χ4n) is 1.29. The maximum absolute atomic E-state index is 2.20. The monoisotopic (exact) mass is 257 g/mol. The van der Waals surface area contributed by atoms with Crippen LogP contribution in [0.3, 0.4) is 0 Å². The van der Waals surface area contributed by atoms with Gasteiger partial charge in [0.15, 0.2) is 0 Å². The van der Waals surface area contributed by atoms with Crippen LogP contribution in [-0.4, -0.2) is 19.0 Å². The molecule has 2 aromatic carbocycles. The van der Waals surface area contributed by atoms with Crippen molar-refractivity contribution in [2.45, 2.75) is 13.0 Å². The molecule has 1 nitrogen and oxygen atoms in total. The van der Waals surface area contributed by atoms with Crippen molar-refractivity contribution in [2.75, 3.05) is 14.1 Å². The first-order chi connectivity index (χ1) is 7.22. The average molecular weight is 257 g/mol. The zero-order valence-electron chi connectivity index (χ0n) is 10.1. The van der Waals surface area contributed by atoms with Crippen LogP contribution in [0.1, 0.15) is 18.5 Å². The molecule has 0 N–H and O–H groups in total. The first-order valence-corrected chi connectivity index (χ1v) is 5.26. The van der Waals surface area contributed by atoms with Gasteiger partial charge in [-0.2, -0.15) is 30.3 Å². The van der Waals surface area contributed by atoms with Gasteiger partial charge in [0.2, 0.25) is 0 Å². The summed E-state index contributed by atoms with van der Waals surface area (Å²) < 4.78 is 0. The molecule has 16 heavy (non-hydrogen) atoms. The molecule has 0 bridgehead atoms. The first kappa shape index (κ1) is 15.2. The van der Waals surface area contributed by atoms with Crippen LogP contribution in [0.2, 0.25) is 0 Å². The quantitative estimate of drug-likeness (QED) is 0.588. The molecule has 0 aromatic heterocycles. The fraction of sp³-hybridized carbons (Fsp3) is 0.286. The Morgan fingerprint density at radius 2 is 1.50 bits per heavy atom. The molecule has 0 radical (unpaired) electrons. The minimum absolute atomic E-state index is 0. The molecule has 0 unspecified atom stereocenters. The zero-order valence-corrected chi connectivity index (χ0v) is 11.2. The van der Waals surface area contributed by atoms with Crippen molar-refractivity contribution in [1.29, 1.82) is 0 Å². The maximum Gasteiger partial charge on any atom is 2.00 e. The van der Waals surface area contributed by atoms with Gasteiger partial charge in [0.1, 0.15) is 0 Å². The van der Waals surface area contributed by atoms with Crippen LogP contribution in [0.15, 0.2) is 54.6 Å². The summed E-state index contributed by atoms with van der Waals surface area (Å²) in [6, 6.07) is 19.0. The van der Waals surface area contributed by atoms with Gasteiger partial charge in [0.05, 0.1) is 0 Å². The van der Waals surface area contributed by atoms with Crippen molar-refractivity contribution in [2.24, 2.45) is 0 Å². The molecule has 0 aliphatic rings. The summed E-state index contributed by atoms with van der Waals surface area (Å²) in [5.74, 6) is 0. The maximum atomic E-state index is 2.20. The van der Waals surface area contributed by atoms with Crippen molar-refractivity contribution in [3.8, 4) is 0 Å². The first-order valence-electron chi connectivity index (χ1n) is 5.26. The summed E-state index contributed by atoms with van der Waals surface area (Å²) in [7, 11) is 4.19. The normalized spacial score (nSPS) is 11.2. The fourth-order valence-corrected chi connectivity index (χ4v) is 1.29. The molecule has 88 valence electrons. The Bertz CT molecular complexity index is 304. The molecule has 0 aliphatic carbocycles. The Balaban J connectivity index is 0.000000318. The molecule has 0 spiro atoms. The molecule has 2 rings (SSSR count). The van der Waals surface area contributed by atoms with Gasteiger partial charge in [-0.15, -0.1) is 5.56 Å². The van der Waals surface area contributed by atoms with Crippen LogP contribution in [0.25, 0.3) is 0 Å². The predicted octanol–water partition coefficient (Wildman–Crippen LogP) is 3.43. The van der Waals surface area contributed by atoms with Gasteiger partial charge in [-0.1, -0.05) is 6.92 Å². The van der Waals surface area contributed by atoms with E-state index in [0.29, 0.717) is 6.04 Å². The second-order valence-corrected chi connectivity index (χ2v) is 3.82. The third kappa shape index (κ3) is 5.31. The van der Waals surface area contributed by atoms with Crippen LogP contribution < -0.4 is 0 Å². The van der Waals surface area contributed by atoms with Crippen molar-refractivity contribution in [3.63, 3.8) is 0 Å². The van der Waals surface area contributed by atoms with Crippen LogP contribution in [-0.2, 0) is 17.1 Å². The molecule has 0 saturated heterocycles. The van der Waals surface area contributed by atoms with E-state index in [9.17, 15) is 0 Å². The molecular formula is C14H19FeN. The van der Waals surface area contributed by atoms with Gasteiger partial charge in [-0.3, -0.25) is 0 Å². The van der Waals surface area contributed by atoms with Gasteiger partial charge >= 0.3 is 17.1 Å². The molecule has 0 saturated carbocycles. The molecule has 0 aliphatic heterocycles. The van der Waals surface area contributed by atoms with Crippen molar-refractivity contribution in [3.05, 3.63) is 60.2 Å². The Morgan fingerprint density at radius 1 is 1.00 bits per heavy atom. The van der Waals surface area contributed by atoms with Crippen molar-refractivity contribution < 1.29 is 17.1 Å². The molecule has 0 heterocycles. The van der Waals surface area contributed by atoms with Crippen LogP contribution in [0.4, 0.5) is 0 Å². The van der Waals surface area contributed by atoms with E-state index in [1.165, 1.54) is 5.56 Å². The molecular weight excluding hydrogens is 238 g/mol. The topological polar surface area (TPSA) is 3.24 Å². The van der Waals surface area contributed by atoms with E-state index in [-0.39, 0.29) is 17.1 Å². The zero-order chi connectivity index (χ0) is 11.1. The second-order valence-electron chi connectivity index (χ2n) is 3.82. The van der Waals surface area contributed by atoms with E-state index in [1.807, 2.05) is 30.3 Å². The number of hydrogen-bond donors (Lipinski definition) is 0. The van der Waals surface area contributed by atoms with Crippen molar-refractivity contribution >= 4 is 0 Å².